The molecule has 0 spiro atoms. The van der Waals surface area contributed by atoms with Crippen LogP contribution in [0.15, 0.2) is 78.9 Å². The molecule has 0 radical (unpaired) electrons. The van der Waals surface area contributed by atoms with Gasteiger partial charge >= 0.3 is 0 Å². The summed E-state index contributed by atoms with van der Waals surface area (Å²) in [5.41, 5.74) is 3.45. The van der Waals surface area contributed by atoms with E-state index in [0.717, 1.165) is 66.9 Å². The largest absolute Gasteiger partial charge is 0.493 e. The first-order valence-electron chi connectivity index (χ1n) is 11.3. The van der Waals surface area contributed by atoms with Crippen molar-refractivity contribution < 1.29 is 9.47 Å². The van der Waals surface area contributed by atoms with Gasteiger partial charge in [0.2, 0.25) is 0 Å². The van der Waals surface area contributed by atoms with Crippen molar-refractivity contribution in [2.45, 2.75) is 26.1 Å². The predicted octanol–water partition coefficient (Wildman–Crippen LogP) is 4.59. The molecule has 0 unspecified atom stereocenters. The van der Waals surface area contributed by atoms with E-state index in [9.17, 15) is 0 Å². The summed E-state index contributed by atoms with van der Waals surface area (Å²) in [7, 11) is 1.69. The average molecular weight is 441 g/mol. The molecular weight excluding hydrogens is 412 g/mol. The summed E-state index contributed by atoms with van der Waals surface area (Å²) in [4.78, 5) is 2.46. The minimum Gasteiger partial charge on any atom is -0.493 e. The lowest BCUT2D eigenvalue weighted by Crippen LogP contribution is -2.26. The summed E-state index contributed by atoms with van der Waals surface area (Å²) in [6, 6.07) is 26.7. The van der Waals surface area contributed by atoms with Crippen molar-refractivity contribution in [3.63, 3.8) is 0 Å². The number of rotatable bonds is 7. The van der Waals surface area contributed by atoms with E-state index in [-0.39, 0.29) is 0 Å². The first kappa shape index (κ1) is 21.2. The van der Waals surface area contributed by atoms with Gasteiger partial charge in [-0.2, -0.15) is 0 Å². The van der Waals surface area contributed by atoms with Crippen molar-refractivity contribution in [2.24, 2.45) is 0 Å². The summed E-state index contributed by atoms with van der Waals surface area (Å²) >= 11 is 0. The highest BCUT2D eigenvalue weighted by molar-refractivity contribution is 5.55. The Morgan fingerprint density at radius 1 is 0.788 bits per heavy atom. The van der Waals surface area contributed by atoms with Crippen LogP contribution in [0.2, 0.25) is 0 Å². The number of methoxy groups -OCH3 is 1. The molecule has 5 rings (SSSR count). The van der Waals surface area contributed by atoms with Crippen LogP contribution in [0.25, 0.3) is 11.4 Å². The van der Waals surface area contributed by atoms with Gasteiger partial charge in [0.15, 0.2) is 17.3 Å². The lowest BCUT2D eigenvalue weighted by atomic mass is 10.1. The topological polar surface area (TPSA) is 52.4 Å². The third-order valence-corrected chi connectivity index (χ3v) is 6.02. The highest BCUT2D eigenvalue weighted by Gasteiger charge is 2.20. The Morgan fingerprint density at radius 3 is 2.36 bits per heavy atom. The van der Waals surface area contributed by atoms with Gasteiger partial charge in [0.25, 0.3) is 0 Å². The van der Waals surface area contributed by atoms with E-state index in [2.05, 4.69) is 56.1 Å². The number of fused-ring (bicyclic) bond motifs is 1. The van der Waals surface area contributed by atoms with Crippen LogP contribution in [0, 0.1) is 0 Å². The predicted molar refractivity (Wildman–Crippen MR) is 128 cm³/mol. The fourth-order valence-corrected chi connectivity index (χ4v) is 4.25. The Balaban J connectivity index is 1.24. The maximum absolute atomic E-state index is 6.01. The standard InChI is InChI=1S/C27H28N4O2/c1-32-25-18-22(12-13-24(25)33-20-21-8-4-2-5-9-21)19-30-15-14-26-28-29-27(31(26)17-16-30)23-10-6-3-7-11-23/h2-13,18H,14-17,19-20H2,1H3. The van der Waals surface area contributed by atoms with Gasteiger partial charge in [0.1, 0.15) is 12.4 Å². The van der Waals surface area contributed by atoms with Crippen molar-refractivity contribution in [3.05, 3.63) is 95.8 Å². The maximum atomic E-state index is 6.01. The van der Waals surface area contributed by atoms with Crippen LogP contribution in [0.1, 0.15) is 17.0 Å². The molecule has 0 amide bonds. The number of hydrogen-bond acceptors (Lipinski definition) is 5. The molecule has 6 nitrogen and oxygen atoms in total. The minimum absolute atomic E-state index is 0.520. The lowest BCUT2D eigenvalue weighted by Gasteiger charge is -2.20. The molecule has 168 valence electrons. The molecule has 0 saturated heterocycles. The Hall–Kier alpha value is -3.64. The van der Waals surface area contributed by atoms with E-state index in [1.807, 2.05) is 42.5 Å². The second kappa shape index (κ2) is 9.88. The highest BCUT2D eigenvalue weighted by atomic mass is 16.5. The highest BCUT2D eigenvalue weighted by Crippen LogP contribution is 2.30. The van der Waals surface area contributed by atoms with Crippen molar-refractivity contribution in [3.8, 4) is 22.9 Å². The van der Waals surface area contributed by atoms with Crippen LogP contribution >= 0.6 is 0 Å². The summed E-state index contributed by atoms with van der Waals surface area (Å²) in [6.07, 6.45) is 0.884. The molecule has 0 fully saturated rings. The van der Waals surface area contributed by atoms with E-state index in [4.69, 9.17) is 9.47 Å². The minimum atomic E-state index is 0.520. The number of nitrogens with zero attached hydrogens (tertiary/aromatic N) is 4. The van der Waals surface area contributed by atoms with E-state index in [0.29, 0.717) is 6.61 Å². The van der Waals surface area contributed by atoms with Crippen molar-refractivity contribution in [1.82, 2.24) is 19.7 Å². The average Bonchev–Trinajstić information content (AvgIpc) is 3.18. The molecule has 0 N–H and O–H groups in total. The molecule has 1 aromatic heterocycles. The van der Waals surface area contributed by atoms with Gasteiger partial charge in [-0.1, -0.05) is 66.7 Å². The molecule has 1 aliphatic rings. The Bertz CT molecular complexity index is 1190. The van der Waals surface area contributed by atoms with Gasteiger partial charge in [0.05, 0.1) is 7.11 Å². The van der Waals surface area contributed by atoms with Crippen LogP contribution in [-0.2, 0) is 26.1 Å². The van der Waals surface area contributed by atoms with Gasteiger partial charge in [0, 0.05) is 38.2 Å². The molecule has 3 aromatic carbocycles. The van der Waals surface area contributed by atoms with Crippen molar-refractivity contribution in [1.29, 1.82) is 0 Å². The van der Waals surface area contributed by atoms with Crippen LogP contribution in [0.3, 0.4) is 0 Å². The van der Waals surface area contributed by atoms with Gasteiger partial charge in [-0.15, -0.1) is 10.2 Å². The van der Waals surface area contributed by atoms with Gasteiger partial charge in [-0.25, -0.2) is 0 Å². The maximum Gasteiger partial charge on any atom is 0.164 e. The molecule has 2 heterocycles. The quantitative estimate of drug-likeness (QED) is 0.421. The van der Waals surface area contributed by atoms with E-state index >= 15 is 0 Å². The second-order valence-electron chi connectivity index (χ2n) is 8.24. The van der Waals surface area contributed by atoms with Crippen LogP contribution in [0.5, 0.6) is 11.5 Å². The van der Waals surface area contributed by atoms with E-state index in [1.165, 1.54) is 5.56 Å². The smallest absolute Gasteiger partial charge is 0.164 e. The molecule has 0 saturated carbocycles. The molecule has 0 bridgehead atoms. The number of benzene rings is 3. The molecule has 33 heavy (non-hydrogen) atoms. The van der Waals surface area contributed by atoms with E-state index < -0.39 is 0 Å². The monoisotopic (exact) mass is 440 g/mol. The van der Waals surface area contributed by atoms with Gasteiger partial charge in [-0.3, -0.25) is 4.90 Å². The fourth-order valence-electron chi connectivity index (χ4n) is 4.25. The molecule has 0 atom stereocenters. The molecule has 6 heteroatoms. The fraction of sp³-hybridized carbons (Fsp3) is 0.259. The zero-order chi connectivity index (χ0) is 22.5. The van der Waals surface area contributed by atoms with Gasteiger partial charge < -0.3 is 14.0 Å². The van der Waals surface area contributed by atoms with Crippen molar-refractivity contribution >= 4 is 0 Å². The molecule has 0 aliphatic carbocycles. The molecule has 1 aliphatic heterocycles. The third-order valence-electron chi connectivity index (χ3n) is 6.02. The summed E-state index contributed by atoms with van der Waals surface area (Å²) < 4.78 is 13.9. The first-order valence-corrected chi connectivity index (χ1v) is 11.3. The normalized spacial score (nSPS) is 13.8. The second-order valence-corrected chi connectivity index (χ2v) is 8.24. The number of hydrogen-bond donors (Lipinski definition) is 0. The zero-order valence-corrected chi connectivity index (χ0v) is 18.9. The molecular formula is C27H28N4O2. The van der Waals surface area contributed by atoms with Crippen LogP contribution in [0.4, 0.5) is 0 Å². The number of aromatic nitrogens is 3. The zero-order valence-electron chi connectivity index (χ0n) is 18.9. The lowest BCUT2D eigenvalue weighted by molar-refractivity contribution is 0.268. The van der Waals surface area contributed by atoms with Crippen molar-refractivity contribution in [2.75, 3.05) is 20.2 Å². The Morgan fingerprint density at radius 2 is 1.58 bits per heavy atom. The first-order chi connectivity index (χ1) is 16.3. The SMILES string of the molecule is COc1cc(CN2CCc3nnc(-c4ccccc4)n3CC2)ccc1OCc1ccccc1. The Labute approximate surface area is 194 Å². The summed E-state index contributed by atoms with van der Waals surface area (Å²) in [5.74, 6) is 3.54. The van der Waals surface area contributed by atoms with Crippen LogP contribution in [-0.4, -0.2) is 39.9 Å². The van der Waals surface area contributed by atoms with E-state index in [1.54, 1.807) is 7.11 Å². The van der Waals surface area contributed by atoms with Crippen LogP contribution < -0.4 is 9.47 Å². The molecule has 4 aromatic rings. The summed E-state index contributed by atoms with van der Waals surface area (Å²) in [5, 5.41) is 8.92. The Kier molecular flexibility index (Phi) is 6.35. The third kappa shape index (κ3) is 4.91. The number of ether oxygens (including phenoxy) is 2. The van der Waals surface area contributed by atoms with Gasteiger partial charge in [-0.05, 0) is 23.3 Å². The summed E-state index contributed by atoms with van der Waals surface area (Å²) in [6.45, 7) is 4.14.